The van der Waals surface area contributed by atoms with E-state index in [0.717, 1.165) is 27.9 Å². The van der Waals surface area contributed by atoms with Gasteiger partial charge in [-0.15, -0.1) is 0 Å². The van der Waals surface area contributed by atoms with Crippen molar-refractivity contribution in [2.75, 3.05) is 5.32 Å². The second-order valence-corrected chi connectivity index (χ2v) is 7.89. The lowest BCUT2D eigenvalue weighted by molar-refractivity contribution is 0.102. The van der Waals surface area contributed by atoms with Gasteiger partial charge in [0.15, 0.2) is 5.43 Å². The van der Waals surface area contributed by atoms with Crippen molar-refractivity contribution in [2.45, 2.75) is 27.3 Å². The maximum Gasteiger partial charge on any atom is 0.261 e. The fourth-order valence-corrected chi connectivity index (χ4v) is 3.83. The predicted molar refractivity (Wildman–Crippen MR) is 128 cm³/mol. The van der Waals surface area contributed by atoms with Gasteiger partial charge in [-0.05, 0) is 55.7 Å². The quantitative estimate of drug-likeness (QED) is 0.484. The lowest BCUT2D eigenvalue weighted by atomic mass is 10.0. The molecule has 0 aliphatic heterocycles. The van der Waals surface area contributed by atoms with Gasteiger partial charge in [-0.2, -0.15) is 0 Å². The molecule has 0 aliphatic carbocycles. The molecule has 0 atom stereocenters. The van der Waals surface area contributed by atoms with Crippen molar-refractivity contribution >= 4 is 11.6 Å². The number of carbonyl (C=O) groups is 1. The van der Waals surface area contributed by atoms with E-state index in [9.17, 15) is 9.59 Å². The van der Waals surface area contributed by atoms with Gasteiger partial charge in [0.25, 0.3) is 5.91 Å². The summed E-state index contributed by atoms with van der Waals surface area (Å²) in [6.45, 7) is 6.36. The summed E-state index contributed by atoms with van der Waals surface area (Å²) in [7, 11) is 0. The van der Waals surface area contributed by atoms with Gasteiger partial charge in [-0.3, -0.25) is 14.6 Å². The highest BCUT2D eigenvalue weighted by molar-refractivity contribution is 6.08. The molecule has 1 N–H and O–H groups in total. The molecule has 2 aromatic carbocycles. The number of hydrogen-bond acceptors (Lipinski definition) is 3. The van der Waals surface area contributed by atoms with E-state index in [1.54, 1.807) is 18.5 Å². The Morgan fingerprint density at radius 1 is 0.969 bits per heavy atom. The number of aromatic nitrogens is 2. The molecule has 0 radical (unpaired) electrons. The average molecular weight is 424 g/mol. The first-order valence-electron chi connectivity index (χ1n) is 10.5. The van der Waals surface area contributed by atoms with Crippen LogP contribution in [-0.2, 0) is 6.54 Å². The SMILES string of the molecule is Cc1cccc(NC(=O)c2c(-c3cccnc3)n(Cc3ccccc3)c(C)cc2=O)c1C. The van der Waals surface area contributed by atoms with Crippen LogP contribution >= 0.6 is 0 Å². The normalized spacial score (nSPS) is 10.7. The van der Waals surface area contributed by atoms with Gasteiger partial charge in [0.1, 0.15) is 5.56 Å². The van der Waals surface area contributed by atoms with Crippen LogP contribution in [0.4, 0.5) is 5.69 Å². The maximum atomic E-state index is 13.5. The molecular weight excluding hydrogens is 398 g/mol. The van der Waals surface area contributed by atoms with Gasteiger partial charge in [0.05, 0.1) is 5.69 Å². The summed E-state index contributed by atoms with van der Waals surface area (Å²) < 4.78 is 2.01. The van der Waals surface area contributed by atoms with Gasteiger partial charge in [0, 0.05) is 41.9 Å². The van der Waals surface area contributed by atoms with Crippen LogP contribution in [0.5, 0.6) is 0 Å². The third-order valence-electron chi connectivity index (χ3n) is 5.72. The van der Waals surface area contributed by atoms with Gasteiger partial charge in [0.2, 0.25) is 0 Å². The summed E-state index contributed by atoms with van der Waals surface area (Å²) in [5, 5.41) is 2.96. The summed E-state index contributed by atoms with van der Waals surface area (Å²) in [6, 6.07) is 20.9. The molecule has 0 fully saturated rings. The molecule has 0 unspecified atom stereocenters. The van der Waals surface area contributed by atoms with Crippen molar-refractivity contribution in [1.82, 2.24) is 9.55 Å². The smallest absolute Gasteiger partial charge is 0.261 e. The number of anilines is 1. The highest BCUT2D eigenvalue weighted by atomic mass is 16.2. The molecule has 32 heavy (non-hydrogen) atoms. The van der Waals surface area contributed by atoms with Gasteiger partial charge in [-0.1, -0.05) is 42.5 Å². The number of hydrogen-bond donors (Lipinski definition) is 1. The summed E-state index contributed by atoms with van der Waals surface area (Å²) in [6.07, 6.45) is 3.36. The molecule has 4 rings (SSSR count). The second-order valence-electron chi connectivity index (χ2n) is 7.89. The van der Waals surface area contributed by atoms with Crippen LogP contribution in [0.25, 0.3) is 11.3 Å². The van der Waals surface area contributed by atoms with E-state index in [2.05, 4.69) is 10.3 Å². The van der Waals surface area contributed by atoms with Crippen molar-refractivity contribution in [3.05, 3.63) is 117 Å². The summed E-state index contributed by atoms with van der Waals surface area (Å²) in [5.41, 5.74) is 5.67. The van der Waals surface area contributed by atoms with Crippen LogP contribution in [-0.4, -0.2) is 15.5 Å². The zero-order valence-corrected chi connectivity index (χ0v) is 18.4. The standard InChI is InChI=1S/C27H25N3O2/c1-18-9-7-13-23(20(18)3)29-27(32)25-24(31)15-19(2)30(17-21-10-5-4-6-11-21)26(25)22-12-8-14-28-16-22/h4-16H,17H2,1-3H3,(H,29,32). The zero-order valence-electron chi connectivity index (χ0n) is 18.4. The van der Waals surface area contributed by atoms with Crippen molar-refractivity contribution in [3.63, 3.8) is 0 Å². The van der Waals surface area contributed by atoms with E-state index in [4.69, 9.17) is 0 Å². The summed E-state index contributed by atoms with van der Waals surface area (Å²) >= 11 is 0. The van der Waals surface area contributed by atoms with E-state index >= 15 is 0 Å². The molecule has 5 nitrogen and oxygen atoms in total. The van der Waals surface area contributed by atoms with Gasteiger partial charge < -0.3 is 9.88 Å². The number of aryl methyl sites for hydroxylation is 2. The molecule has 0 saturated heterocycles. The first-order valence-corrected chi connectivity index (χ1v) is 10.5. The first kappa shape index (κ1) is 21.2. The molecule has 5 heteroatoms. The molecule has 2 heterocycles. The minimum Gasteiger partial charge on any atom is -0.340 e. The fraction of sp³-hybridized carbons (Fsp3) is 0.148. The number of benzene rings is 2. The number of nitrogens with zero attached hydrogens (tertiary/aromatic N) is 2. The second kappa shape index (κ2) is 9.02. The summed E-state index contributed by atoms with van der Waals surface area (Å²) in [4.78, 5) is 30.8. The third kappa shape index (κ3) is 4.23. The molecule has 0 spiro atoms. The molecule has 1 amide bonds. The minimum absolute atomic E-state index is 0.112. The number of rotatable bonds is 5. The van der Waals surface area contributed by atoms with Crippen LogP contribution in [0.1, 0.15) is 32.7 Å². The zero-order chi connectivity index (χ0) is 22.7. The van der Waals surface area contributed by atoms with E-state index in [1.165, 1.54) is 6.07 Å². The lowest BCUT2D eigenvalue weighted by Gasteiger charge is -2.21. The van der Waals surface area contributed by atoms with E-state index in [-0.39, 0.29) is 11.0 Å². The number of carbonyl (C=O) groups excluding carboxylic acids is 1. The highest BCUT2D eigenvalue weighted by Crippen LogP contribution is 2.26. The van der Waals surface area contributed by atoms with Crippen LogP contribution < -0.4 is 10.7 Å². The topological polar surface area (TPSA) is 64.0 Å². The molecule has 160 valence electrons. The number of amides is 1. The fourth-order valence-electron chi connectivity index (χ4n) is 3.83. The number of nitrogens with one attached hydrogen (secondary N) is 1. The molecule has 0 saturated carbocycles. The highest BCUT2D eigenvalue weighted by Gasteiger charge is 2.22. The average Bonchev–Trinajstić information content (AvgIpc) is 2.79. The molecule has 4 aromatic rings. The lowest BCUT2D eigenvalue weighted by Crippen LogP contribution is -2.27. The van der Waals surface area contributed by atoms with E-state index < -0.39 is 5.91 Å². The Morgan fingerprint density at radius 3 is 2.47 bits per heavy atom. The molecule has 0 bridgehead atoms. The Hall–Kier alpha value is -3.99. The summed E-state index contributed by atoms with van der Waals surface area (Å²) in [5.74, 6) is -0.427. The minimum atomic E-state index is -0.427. The van der Waals surface area contributed by atoms with Crippen molar-refractivity contribution in [3.8, 4) is 11.3 Å². The van der Waals surface area contributed by atoms with Crippen LogP contribution in [0.3, 0.4) is 0 Å². The Bertz CT molecular complexity index is 1330. The van der Waals surface area contributed by atoms with E-state index in [0.29, 0.717) is 17.9 Å². The third-order valence-corrected chi connectivity index (χ3v) is 5.72. The Morgan fingerprint density at radius 2 is 1.75 bits per heavy atom. The monoisotopic (exact) mass is 423 g/mol. The first-order chi connectivity index (χ1) is 15.5. The largest absolute Gasteiger partial charge is 0.340 e. The van der Waals surface area contributed by atoms with Gasteiger partial charge in [-0.25, -0.2) is 0 Å². The Kier molecular flexibility index (Phi) is 5.99. The Labute approximate surface area is 187 Å². The molecular formula is C27H25N3O2. The van der Waals surface area contributed by atoms with Crippen LogP contribution in [0.15, 0.2) is 83.9 Å². The van der Waals surface area contributed by atoms with Crippen LogP contribution in [0, 0.1) is 20.8 Å². The van der Waals surface area contributed by atoms with Crippen molar-refractivity contribution in [2.24, 2.45) is 0 Å². The molecule has 0 aliphatic rings. The number of pyridine rings is 2. The molecule has 2 aromatic heterocycles. The van der Waals surface area contributed by atoms with Crippen molar-refractivity contribution < 1.29 is 4.79 Å². The van der Waals surface area contributed by atoms with Crippen LogP contribution in [0.2, 0.25) is 0 Å². The van der Waals surface area contributed by atoms with Crippen molar-refractivity contribution in [1.29, 1.82) is 0 Å². The van der Waals surface area contributed by atoms with E-state index in [1.807, 2.05) is 79.9 Å². The maximum absolute atomic E-state index is 13.5. The van der Waals surface area contributed by atoms with Gasteiger partial charge >= 0.3 is 0 Å². The predicted octanol–water partition coefficient (Wildman–Crippen LogP) is 5.14. The Balaban J connectivity index is 1.89.